The fourth-order valence-corrected chi connectivity index (χ4v) is 8.31. The molecule has 0 aromatic heterocycles. The maximum absolute atomic E-state index is 12.8. The Hall–Kier alpha value is -2.37. The topological polar surface area (TPSA) is 78.9 Å². The number of hydrogen-bond acceptors (Lipinski definition) is 6. The first-order valence-corrected chi connectivity index (χ1v) is 28.5. The summed E-state index contributed by atoms with van der Waals surface area (Å²) in [7, 11) is 0. The van der Waals surface area contributed by atoms with Crippen molar-refractivity contribution < 1.29 is 28.6 Å². The predicted octanol–water partition coefficient (Wildman–Crippen LogP) is 18.9. The molecule has 6 nitrogen and oxygen atoms in total. The van der Waals surface area contributed by atoms with Gasteiger partial charge < -0.3 is 14.2 Å². The molecule has 0 aromatic rings. The number of unbranched alkanes of at least 4 members (excludes halogenated alkanes) is 36. The Balaban J connectivity index is 4.36. The van der Waals surface area contributed by atoms with Gasteiger partial charge in [-0.1, -0.05) is 250 Å². The lowest BCUT2D eigenvalue weighted by atomic mass is 10.0. The maximum Gasteiger partial charge on any atom is 0.306 e. The van der Waals surface area contributed by atoms with Crippen molar-refractivity contribution >= 4 is 17.9 Å². The average molecular weight is 914 g/mol. The van der Waals surface area contributed by atoms with Gasteiger partial charge in [-0.15, -0.1) is 0 Å². The molecular weight excluding hydrogens is 805 g/mol. The lowest BCUT2D eigenvalue weighted by Gasteiger charge is -2.18. The van der Waals surface area contributed by atoms with Crippen molar-refractivity contribution in [3.63, 3.8) is 0 Å². The molecule has 6 heteroatoms. The number of hydrogen-bond donors (Lipinski definition) is 0. The lowest BCUT2D eigenvalue weighted by molar-refractivity contribution is -0.167. The van der Waals surface area contributed by atoms with Gasteiger partial charge >= 0.3 is 17.9 Å². The lowest BCUT2D eigenvalue weighted by Crippen LogP contribution is -2.30. The van der Waals surface area contributed by atoms with Gasteiger partial charge in [-0.25, -0.2) is 0 Å². The smallest absolute Gasteiger partial charge is 0.306 e. The van der Waals surface area contributed by atoms with Gasteiger partial charge in [0.2, 0.25) is 0 Å². The van der Waals surface area contributed by atoms with Gasteiger partial charge in [0.15, 0.2) is 6.10 Å². The van der Waals surface area contributed by atoms with Gasteiger partial charge in [0.05, 0.1) is 0 Å². The van der Waals surface area contributed by atoms with Gasteiger partial charge in [-0.2, -0.15) is 0 Å². The predicted molar refractivity (Wildman–Crippen MR) is 279 cm³/mol. The number of allylic oxidation sites excluding steroid dienone is 6. The quantitative estimate of drug-likeness (QED) is 0.0199. The number of rotatable bonds is 52. The SMILES string of the molecule is CCCCC/C=C\C=C/CCCCCCCCC(=O)OC(COC(=O)CCCCCCCCC/C=C\CCCCCCCC)COC(=O)CCCCCCCCCCCCCCCCC. The molecule has 0 fully saturated rings. The third-order valence-corrected chi connectivity index (χ3v) is 12.6. The molecule has 0 heterocycles. The highest BCUT2D eigenvalue weighted by Gasteiger charge is 2.19. The molecule has 1 atom stereocenters. The molecule has 0 radical (unpaired) electrons. The minimum Gasteiger partial charge on any atom is -0.462 e. The van der Waals surface area contributed by atoms with E-state index in [1.165, 1.54) is 199 Å². The van der Waals surface area contributed by atoms with Gasteiger partial charge in [0, 0.05) is 19.3 Å². The molecule has 0 saturated heterocycles. The molecule has 1 unspecified atom stereocenters. The minimum absolute atomic E-state index is 0.0748. The first-order valence-electron chi connectivity index (χ1n) is 28.5. The van der Waals surface area contributed by atoms with E-state index in [0.717, 1.165) is 64.2 Å². The second-order valence-electron chi connectivity index (χ2n) is 19.2. The molecule has 0 bridgehead atoms. The number of carbonyl (C=O) groups is 3. The number of ether oxygens (including phenoxy) is 3. The standard InChI is InChI=1S/C59H108O6/c1-4-7-10-13-16-19-22-25-28-29-32-34-37-40-43-46-49-52-58(61)64-55-56(65-59(62)53-50-47-44-41-38-35-31-27-24-21-18-15-12-9-6-3)54-63-57(60)51-48-45-42-39-36-33-30-26-23-20-17-14-11-8-5-2/h18,21,24-25,27-28,56H,4-17,19-20,22-23,26,29-55H2,1-3H3/b21-18-,27-24-,28-25-. The van der Waals surface area contributed by atoms with Crippen molar-refractivity contribution in [2.45, 2.75) is 309 Å². The van der Waals surface area contributed by atoms with Gasteiger partial charge in [0.1, 0.15) is 13.2 Å². The van der Waals surface area contributed by atoms with Crippen LogP contribution in [0.2, 0.25) is 0 Å². The van der Waals surface area contributed by atoms with Crippen LogP contribution < -0.4 is 0 Å². The molecule has 0 amide bonds. The highest BCUT2D eigenvalue weighted by Crippen LogP contribution is 2.16. The third kappa shape index (κ3) is 52.5. The van der Waals surface area contributed by atoms with E-state index in [2.05, 4.69) is 57.2 Å². The number of esters is 3. The van der Waals surface area contributed by atoms with Crippen LogP contribution in [-0.2, 0) is 28.6 Å². The van der Waals surface area contributed by atoms with Crippen molar-refractivity contribution in [2.75, 3.05) is 13.2 Å². The zero-order valence-corrected chi connectivity index (χ0v) is 43.5. The van der Waals surface area contributed by atoms with Crippen LogP contribution in [0.25, 0.3) is 0 Å². The summed E-state index contributed by atoms with van der Waals surface area (Å²) in [5.74, 6) is -0.875. The Bertz CT molecular complexity index is 1090. The van der Waals surface area contributed by atoms with Gasteiger partial charge in [0.25, 0.3) is 0 Å². The monoisotopic (exact) mass is 913 g/mol. The number of carbonyl (C=O) groups excluding carboxylic acids is 3. The fourth-order valence-electron chi connectivity index (χ4n) is 8.31. The first kappa shape index (κ1) is 62.6. The normalized spacial score (nSPS) is 12.2. The van der Waals surface area contributed by atoms with E-state index in [-0.39, 0.29) is 31.1 Å². The van der Waals surface area contributed by atoms with Crippen LogP contribution in [0.5, 0.6) is 0 Å². The van der Waals surface area contributed by atoms with Crippen LogP contribution in [0.15, 0.2) is 36.5 Å². The molecule has 0 aliphatic heterocycles. The van der Waals surface area contributed by atoms with Crippen molar-refractivity contribution in [1.29, 1.82) is 0 Å². The molecule has 380 valence electrons. The summed E-state index contributed by atoms with van der Waals surface area (Å²) >= 11 is 0. The molecule has 0 N–H and O–H groups in total. The van der Waals surface area contributed by atoms with E-state index in [1.54, 1.807) is 0 Å². The van der Waals surface area contributed by atoms with Crippen LogP contribution in [0.4, 0.5) is 0 Å². The zero-order chi connectivity index (χ0) is 47.2. The summed E-state index contributed by atoms with van der Waals surface area (Å²) in [5, 5.41) is 0. The molecule has 0 saturated carbocycles. The average Bonchev–Trinajstić information content (AvgIpc) is 3.30. The van der Waals surface area contributed by atoms with Crippen LogP contribution in [0.3, 0.4) is 0 Å². The van der Waals surface area contributed by atoms with Gasteiger partial charge in [-0.3, -0.25) is 14.4 Å². The summed E-state index contributed by atoms with van der Waals surface area (Å²) in [5.41, 5.74) is 0. The highest BCUT2D eigenvalue weighted by atomic mass is 16.6. The molecule has 65 heavy (non-hydrogen) atoms. The Kier molecular flexibility index (Phi) is 52.3. The second-order valence-corrected chi connectivity index (χ2v) is 19.2. The molecule has 0 aliphatic rings. The van der Waals surface area contributed by atoms with E-state index in [1.807, 2.05) is 0 Å². The second kappa shape index (κ2) is 54.2. The van der Waals surface area contributed by atoms with E-state index in [0.29, 0.717) is 19.3 Å². The Morgan fingerprint density at radius 2 is 0.554 bits per heavy atom. The van der Waals surface area contributed by atoms with Crippen molar-refractivity contribution in [3.05, 3.63) is 36.5 Å². The molecule has 0 spiro atoms. The Morgan fingerprint density at radius 3 is 0.892 bits per heavy atom. The van der Waals surface area contributed by atoms with Crippen LogP contribution in [-0.4, -0.2) is 37.2 Å². The fraction of sp³-hybridized carbons (Fsp3) is 0.847. The molecule has 0 aromatic carbocycles. The van der Waals surface area contributed by atoms with E-state index < -0.39 is 6.10 Å². The van der Waals surface area contributed by atoms with E-state index in [4.69, 9.17) is 14.2 Å². The largest absolute Gasteiger partial charge is 0.462 e. The molecular formula is C59H108O6. The molecule has 0 aliphatic carbocycles. The highest BCUT2D eigenvalue weighted by molar-refractivity contribution is 5.71. The summed E-state index contributed by atoms with van der Waals surface area (Å²) in [6.07, 6.45) is 64.1. The van der Waals surface area contributed by atoms with E-state index >= 15 is 0 Å². The minimum atomic E-state index is -0.777. The summed E-state index contributed by atoms with van der Waals surface area (Å²) in [6.45, 7) is 6.63. The van der Waals surface area contributed by atoms with Crippen molar-refractivity contribution in [1.82, 2.24) is 0 Å². The van der Waals surface area contributed by atoms with Crippen LogP contribution >= 0.6 is 0 Å². The Morgan fingerprint density at radius 1 is 0.308 bits per heavy atom. The zero-order valence-electron chi connectivity index (χ0n) is 43.5. The van der Waals surface area contributed by atoms with E-state index in [9.17, 15) is 14.4 Å². The van der Waals surface area contributed by atoms with Crippen molar-refractivity contribution in [2.24, 2.45) is 0 Å². The molecule has 0 rings (SSSR count). The maximum atomic E-state index is 12.8. The van der Waals surface area contributed by atoms with Crippen molar-refractivity contribution in [3.8, 4) is 0 Å². The summed E-state index contributed by atoms with van der Waals surface area (Å²) in [6, 6.07) is 0. The van der Waals surface area contributed by atoms with Crippen LogP contribution in [0.1, 0.15) is 303 Å². The summed E-state index contributed by atoms with van der Waals surface area (Å²) < 4.78 is 16.9. The third-order valence-electron chi connectivity index (χ3n) is 12.6. The van der Waals surface area contributed by atoms with Gasteiger partial charge in [-0.05, 0) is 70.6 Å². The Labute approximate surface area is 404 Å². The van der Waals surface area contributed by atoms with Crippen LogP contribution in [0, 0.1) is 0 Å². The first-order chi connectivity index (χ1) is 32.0. The summed E-state index contributed by atoms with van der Waals surface area (Å²) in [4.78, 5) is 38.1.